The molecule has 6 heteroatoms. The number of aliphatic hydroxyl groups excluding tert-OH is 1. The zero-order chi connectivity index (χ0) is 16.5. The van der Waals surface area contributed by atoms with Gasteiger partial charge in [0.2, 0.25) is 0 Å². The lowest BCUT2D eigenvalue weighted by molar-refractivity contribution is 0.0205. The lowest BCUT2D eigenvalue weighted by atomic mass is 9.62. The van der Waals surface area contributed by atoms with Crippen molar-refractivity contribution in [1.82, 2.24) is 0 Å². The van der Waals surface area contributed by atoms with Crippen molar-refractivity contribution in [2.24, 2.45) is 5.73 Å². The van der Waals surface area contributed by atoms with Crippen molar-refractivity contribution in [1.29, 1.82) is 0 Å². The van der Waals surface area contributed by atoms with Crippen LogP contribution in [-0.2, 0) is 10.2 Å². The van der Waals surface area contributed by atoms with Crippen molar-refractivity contribution < 1.29 is 19.0 Å². The number of carbonyl (C=O) groups excluding carboxylic acids is 1. The molecule has 1 aromatic carbocycles. The van der Waals surface area contributed by atoms with Gasteiger partial charge in [0.1, 0.15) is 11.4 Å². The summed E-state index contributed by atoms with van der Waals surface area (Å²) in [6, 6.07) is 4.48. The van der Waals surface area contributed by atoms with Gasteiger partial charge in [0.25, 0.3) is 0 Å². The number of amides is 1. The Hall–Kier alpha value is -1.66. The summed E-state index contributed by atoms with van der Waals surface area (Å²) in [5, 5.41) is 12.0. The highest BCUT2D eigenvalue weighted by Gasteiger charge is 2.45. The first-order valence-electron chi connectivity index (χ1n) is 7.33. The Bertz CT molecular complexity index is 563. The molecule has 0 aliphatic heterocycles. The van der Waals surface area contributed by atoms with Crippen LogP contribution in [0.5, 0.6) is 0 Å². The molecule has 0 bridgehead atoms. The van der Waals surface area contributed by atoms with E-state index in [0.717, 1.165) is 0 Å². The minimum atomic E-state index is -0.632. The molecular weight excluding hydrogens is 287 g/mol. The van der Waals surface area contributed by atoms with Crippen molar-refractivity contribution in [3.05, 3.63) is 29.6 Å². The first-order chi connectivity index (χ1) is 10.1. The van der Waals surface area contributed by atoms with Gasteiger partial charge in [0.05, 0.1) is 6.10 Å². The van der Waals surface area contributed by atoms with Gasteiger partial charge in [0, 0.05) is 17.6 Å². The number of halogens is 1. The highest BCUT2D eigenvalue weighted by molar-refractivity contribution is 5.84. The maximum absolute atomic E-state index is 14.3. The molecule has 0 heterocycles. The number of anilines is 1. The van der Waals surface area contributed by atoms with Crippen LogP contribution in [-0.4, -0.2) is 29.4 Å². The molecule has 0 saturated heterocycles. The Labute approximate surface area is 129 Å². The Balaban J connectivity index is 2.12. The molecule has 122 valence electrons. The fraction of sp³-hybridized carbons (Fsp3) is 0.562. The fourth-order valence-corrected chi connectivity index (χ4v) is 2.78. The summed E-state index contributed by atoms with van der Waals surface area (Å²) in [6.45, 7) is 5.54. The standard InChI is InChI=1S/C16H23FN2O3/c1-15(2,3)22-14(21)19-10-4-5-12(13(17)6-10)16(9-18)7-11(20)8-16/h4-6,11,20H,7-9,18H2,1-3H3,(H,19,21). The second kappa shape index (κ2) is 5.85. The SMILES string of the molecule is CC(C)(C)OC(=O)Nc1ccc(C2(CN)CC(O)C2)c(F)c1. The fourth-order valence-electron chi connectivity index (χ4n) is 2.78. The number of hydrogen-bond acceptors (Lipinski definition) is 4. The Morgan fingerprint density at radius 3 is 2.59 bits per heavy atom. The highest BCUT2D eigenvalue weighted by atomic mass is 19.1. The Morgan fingerprint density at radius 1 is 1.50 bits per heavy atom. The van der Waals surface area contributed by atoms with Crippen molar-refractivity contribution in [3.63, 3.8) is 0 Å². The topological polar surface area (TPSA) is 84.6 Å². The predicted molar refractivity (Wildman–Crippen MR) is 82.2 cm³/mol. The van der Waals surface area contributed by atoms with E-state index >= 15 is 0 Å². The highest BCUT2D eigenvalue weighted by Crippen LogP contribution is 2.44. The van der Waals surface area contributed by atoms with Gasteiger partial charge < -0.3 is 15.6 Å². The van der Waals surface area contributed by atoms with Crippen LogP contribution in [0.15, 0.2) is 18.2 Å². The summed E-state index contributed by atoms with van der Waals surface area (Å²) in [6.07, 6.45) is -0.145. The van der Waals surface area contributed by atoms with Crippen LogP contribution < -0.4 is 11.1 Å². The van der Waals surface area contributed by atoms with E-state index in [9.17, 15) is 14.3 Å². The lowest BCUT2D eigenvalue weighted by Gasteiger charge is -2.45. The molecule has 1 fully saturated rings. The third kappa shape index (κ3) is 3.56. The third-order valence-corrected chi connectivity index (χ3v) is 3.83. The maximum Gasteiger partial charge on any atom is 0.412 e. The average Bonchev–Trinajstić information content (AvgIpc) is 2.33. The van der Waals surface area contributed by atoms with Crippen molar-refractivity contribution >= 4 is 11.8 Å². The molecule has 4 N–H and O–H groups in total. The van der Waals surface area contributed by atoms with Crippen LogP contribution >= 0.6 is 0 Å². The van der Waals surface area contributed by atoms with Crippen molar-refractivity contribution in [3.8, 4) is 0 Å². The van der Waals surface area contributed by atoms with E-state index in [1.807, 2.05) is 0 Å². The minimum absolute atomic E-state index is 0.278. The zero-order valence-corrected chi connectivity index (χ0v) is 13.1. The molecule has 0 spiro atoms. The largest absolute Gasteiger partial charge is 0.444 e. The monoisotopic (exact) mass is 310 g/mol. The van der Waals surface area contributed by atoms with E-state index < -0.39 is 29.0 Å². The average molecular weight is 310 g/mol. The number of benzene rings is 1. The number of hydrogen-bond donors (Lipinski definition) is 3. The first kappa shape index (κ1) is 16.7. The maximum atomic E-state index is 14.3. The van der Waals surface area contributed by atoms with Crippen LogP contribution in [0.2, 0.25) is 0 Å². The number of ether oxygens (including phenoxy) is 1. The van der Waals surface area contributed by atoms with E-state index in [1.165, 1.54) is 6.07 Å². The molecule has 0 unspecified atom stereocenters. The van der Waals surface area contributed by atoms with Gasteiger partial charge in [-0.25, -0.2) is 9.18 Å². The Morgan fingerprint density at radius 2 is 2.14 bits per heavy atom. The quantitative estimate of drug-likeness (QED) is 0.801. The van der Waals surface area contributed by atoms with E-state index in [1.54, 1.807) is 32.9 Å². The number of rotatable bonds is 3. The molecular formula is C16H23FN2O3. The number of nitrogens with one attached hydrogen (secondary N) is 1. The van der Waals surface area contributed by atoms with Gasteiger partial charge in [-0.2, -0.15) is 0 Å². The van der Waals surface area contributed by atoms with E-state index in [2.05, 4.69) is 5.32 Å². The van der Waals surface area contributed by atoms with Gasteiger partial charge in [0.15, 0.2) is 0 Å². The van der Waals surface area contributed by atoms with Crippen LogP contribution in [0.25, 0.3) is 0 Å². The summed E-state index contributed by atoms with van der Waals surface area (Å²) >= 11 is 0. The molecule has 1 amide bonds. The molecule has 2 rings (SSSR count). The van der Waals surface area contributed by atoms with Gasteiger partial charge in [-0.15, -0.1) is 0 Å². The first-order valence-corrected chi connectivity index (χ1v) is 7.33. The smallest absolute Gasteiger partial charge is 0.412 e. The van der Waals surface area contributed by atoms with Crippen molar-refractivity contribution in [2.75, 3.05) is 11.9 Å². The van der Waals surface area contributed by atoms with Gasteiger partial charge >= 0.3 is 6.09 Å². The molecule has 1 saturated carbocycles. The second-order valence-corrected chi connectivity index (χ2v) is 6.87. The summed E-state index contributed by atoms with van der Waals surface area (Å²) in [4.78, 5) is 11.7. The second-order valence-electron chi connectivity index (χ2n) is 6.87. The van der Waals surface area contributed by atoms with Crippen LogP contribution in [0.4, 0.5) is 14.9 Å². The van der Waals surface area contributed by atoms with Crippen LogP contribution in [0.1, 0.15) is 39.2 Å². The molecule has 0 radical (unpaired) electrons. The predicted octanol–water partition coefficient (Wildman–Crippen LogP) is 2.52. The normalized spacial score (nSPS) is 24.5. The zero-order valence-electron chi connectivity index (χ0n) is 13.1. The van der Waals surface area contributed by atoms with Gasteiger partial charge in [-0.3, -0.25) is 5.32 Å². The van der Waals surface area contributed by atoms with E-state index in [4.69, 9.17) is 10.5 Å². The van der Waals surface area contributed by atoms with E-state index in [-0.39, 0.29) is 6.54 Å². The number of carbonyl (C=O) groups is 1. The summed E-state index contributed by atoms with van der Waals surface area (Å²) in [5.41, 5.74) is 5.43. The minimum Gasteiger partial charge on any atom is -0.444 e. The van der Waals surface area contributed by atoms with E-state index in [0.29, 0.717) is 24.1 Å². The molecule has 1 aliphatic carbocycles. The molecule has 5 nitrogen and oxygen atoms in total. The Kier molecular flexibility index (Phi) is 4.44. The molecule has 1 aliphatic rings. The molecule has 22 heavy (non-hydrogen) atoms. The van der Waals surface area contributed by atoms with Gasteiger partial charge in [-0.1, -0.05) is 6.07 Å². The summed E-state index contributed by atoms with van der Waals surface area (Å²) in [5.74, 6) is -0.439. The summed E-state index contributed by atoms with van der Waals surface area (Å²) in [7, 11) is 0. The molecule has 0 atom stereocenters. The number of aliphatic hydroxyl groups is 1. The van der Waals surface area contributed by atoms with Crippen molar-refractivity contribution in [2.45, 2.75) is 50.7 Å². The molecule has 1 aromatic rings. The third-order valence-electron chi connectivity index (χ3n) is 3.83. The molecule has 0 aromatic heterocycles. The van der Waals surface area contributed by atoms with Gasteiger partial charge in [-0.05, 0) is 51.3 Å². The van der Waals surface area contributed by atoms with Crippen LogP contribution in [0, 0.1) is 5.82 Å². The lowest BCUT2D eigenvalue weighted by Crippen LogP contribution is -2.50. The van der Waals surface area contributed by atoms with Crippen LogP contribution in [0.3, 0.4) is 0 Å². The number of nitrogens with two attached hydrogens (primary N) is 1. The summed E-state index contributed by atoms with van der Waals surface area (Å²) < 4.78 is 19.5.